The lowest BCUT2D eigenvalue weighted by atomic mass is 9.99. The highest BCUT2D eigenvalue weighted by atomic mass is 35.5. The number of carbonyl (C=O) groups is 1. The minimum Gasteiger partial charge on any atom is -0.472 e. The third kappa shape index (κ3) is 5.22. The van der Waals surface area contributed by atoms with E-state index < -0.39 is 0 Å². The summed E-state index contributed by atoms with van der Waals surface area (Å²) in [5.74, 6) is 0.141. The molecule has 194 valence electrons. The van der Waals surface area contributed by atoms with Crippen LogP contribution in [-0.2, 0) is 13.1 Å². The van der Waals surface area contributed by atoms with E-state index in [4.69, 9.17) is 25.5 Å². The zero-order valence-electron chi connectivity index (χ0n) is 20.4. The lowest BCUT2D eigenvalue weighted by Gasteiger charge is -2.12. The number of hydrogen-bond acceptors (Lipinski definition) is 7. The second kappa shape index (κ2) is 10.6. The molecule has 8 nitrogen and oxygen atoms in total. The smallest absolute Gasteiger partial charge is 0.283 e. The van der Waals surface area contributed by atoms with E-state index in [1.165, 1.54) is 28.5 Å². The first kappa shape index (κ1) is 24.7. The molecule has 6 rings (SSSR count). The van der Waals surface area contributed by atoms with Crippen LogP contribution in [0.25, 0.3) is 22.4 Å². The maximum Gasteiger partial charge on any atom is 0.283 e. The summed E-state index contributed by atoms with van der Waals surface area (Å²) >= 11 is 7.56. The van der Waals surface area contributed by atoms with E-state index in [9.17, 15) is 9.59 Å². The van der Waals surface area contributed by atoms with Crippen LogP contribution >= 0.6 is 22.9 Å². The summed E-state index contributed by atoms with van der Waals surface area (Å²) in [5.41, 5.74) is 3.84. The molecule has 39 heavy (non-hydrogen) atoms. The molecule has 0 aliphatic carbocycles. The van der Waals surface area contributed by atoms with Crippen molar-refractivity contribution in [1.29, 1.82) is 0 Å². The first-order valence-corrected chi connectivity index (χ1v) is 13.2. The zero-order chi connectivity index (χ0) is 26.8. The van der Waals surface area contributed by atoms with Crippen LogP contribution in [0.1, 0.15) is 20.8 Å². The summed E-state index contributed by atoms with van der Waals surface area (Å²) in [4.78, 5) is 27.5. The molecule has 5 aromatic heterocycles. The summed E-state index contributed by atoms with van der Waals surface area (Å²) in [6, 6.07) is 20.2. The number of hydrogen-bond donors (Lipinski definition) is 1. The maximum absolute atomic E-state index is 13.4. The Kier molecular flexibility index (Phi) is 6.75. The van der Waals surface area contributed by atoms with Crippen LogP contribution in [0, 0.1) is 0 Å². The van der Waals surface area contributed by atoms with Gasteiger partial charge in [-0.3, -0.25) is 9.59 Å². The fraction of sp³-hybridized carbons (Fsp3) is 0.0690. The number of aromatic nitrogens is 3. The molecule has 0 spiro atoms. The van der Waals surface area contributed by atoms with Gasteiger partial charge in [0.25, 0.3) is 11.5 Å². The van der Waals surface area contributed by atoms with Gasteiger partial charge in [0, 0.05) is 34.3 Å². The number of furan rings is 2. The second-order valence-electron chi connectivity index (χ2n) is 8.77. The first-order valence-electron chi connectivity index (χ1n) is 12.0. The van der Waals surface area contributed by atoms with Gasteiger partial charge < -0.3 is 18.7 Å². The molecule has 0 atom stereocenters. The molecule has 0 radical (unpaired) electrons. The van der Waals surface area contributed by atoms with E-state index in [2.05, 4.69) is 5.32 Å². The molecular formula is C29H21ClN4O4S. The third-order valence-electron chi connectivity index (χ3n) is 6.16. The average Bonchev–Trinajstić information content (AvgIpc) is 3.77. The average molecular weight is 557 g/mol. The molecule has 5 heterocycles. The number of halogens is 1. The van der Waals surface area contributed by atoms with Gasteiger partial charge in [0.05, 0.1) is 47.5 Å². The van der Waals surface area contributed by atoms with Gasteiger partial charge in [0.1, 0.15) is 12.1 Å². The molecule has 0 amide bonds. The Bertz CT molecular complexity index is 1780. The fourth-order valence-electron chi connectivity index (χ4n) is 4.26. The quantitative estimate of drug-likeness (QED) is 0.226. The molecule has 10 heteroatoms. The predicted octanol–water partition coefficient (Wildman–Crippen LogP) is 6.63. The van der Waals surface area contributed by atoms with Crippen molar-refractivity contribution in [3.8, 4) is 22.4 Å². The standard InChI is InChI=1S/C29H21ClN4O4S/c30-26-7-6-22(39-26)14-31-27-13-25(32-34(27)29(36)21-9-11-38-18-21)24-16-33(15-19-8-10-37-17-19)28(35)12-23(24)20-4-2-1-3-5-20/h1-13,16-18,31H,14-15H2. The predicted molar refractivity (Wildman–Crippen MR) is 150 cm³/mol. The normalized spacial score (nSPS) is 11.1. The number of carbonyl (C=O) groups excluding carboxylic acids is 1. The van der Waals surface area contributed by atoms with Crippen LogP contribution in [0.3, 0.4) is 0 Å². The molecule has 6 aromatic rings. The maximum atomic E-state index is 13.4. The number of nitrogens with zero attached hydrogens (tertiary/aromatic N) is 3. The van der Waals surface area contributed by atoms with E-state index >= 15 is 0 Å². The molecule has 0 aliphatic heterocycles. The second-order valence-corrected chi connectivity index (χ2v) is 10.6. The van der Waals surface area contributed by atoms with Crippen molar-refractivity contribution in [2.75, 3.05) is 5.32 Å². The van der Waals surface area contributed by atoms with E-state index in [0.717, 1.165) is 16.0 Å². The van der Waals surface area contributed by atoms with Gasteiger partial charge in [-0.25, -0.2) is 0 Å². The number of benzene rings is 1. The Morgan fingerprint density at radius 2 is 1.79 bits per heavy atom. The van der Waals surface area contributed by atoms with Gasteiger partial charge >= 0.3 is 0 Å². The van der Waals surface area contributed by atoms with E-state index in [-0.39, 0.29) is 11.5 Å². The van der Waals surface area contributed by atoms with Crippen LogP contribution in [0.4, 0.5) is 5.82 Å². The van der Waals surface area contributed by atoms with Crippen molar-refractivity contribution < 1.29 is 13.6 Å². The van der Waals surface area contributed by atoms with Gasteiger partial charge in [-0.2, -0.15) is 9.78 Å². The molecule has 0 saturated heterocycles. The van der Waals surface area contributed by atoms with Gasteiger partial charge in [-0.05, 0) is 35.4 Å². The van der Waals surface area contributed by atoms with Crippen LogP contribution in [0.15, 0.2) is 112 Å². The Morgan fingerprint density at radius 1 is 0.974 bits per heavy atom. The van der Waals surface area contributed by atoms with E-state index in [1.54, 1.807) is 35.4 Å². The number of pyridine rings is 1. The molecule has 0 bridgehead atoms. The zero-order valence-corrected chi connectivity index (χ0v) is 22.0. The SMILES string of the molecule is O=C(c1ccoc1)n1nc(-c2cn(Cc3ccoc3)c(=O)cc2-c2ccccc2)cc1NCc1ccc(Cl)s1. The minimum absolute atomic E-state index is 0.166. The van der Waals surface area contributed by atoms with Crippen LogP contribution in [-0.4, -0.2) is 20.3 Å². The summed E-state index contributed by atoms with van der Waals surface area (Å²) in [6.07, 6.45) is 7.77. The van der Waals surface area contributed by atoms with Crippen molar-refractivity contribution in [2.24, 2.45) is 0 Å². The number of rotatable bonds is 8. The molecule has 0 saturated carbocycles. The van der Waals surface area contributed by atoms with Crippen LogP contribution in [0.5, 0.6) is 0 Å². The molecule has 1 aromatic carbocycles. The molecule has 0 unspecified atom stereocenters. The fourth-order valence-corrected chi connectivity index (χ4v) is 5.29. The number of anilines is 1. The van der Waals surface area contributed by atoms with Crippen LogP contribution < -0.4 is 10.9 Å². The van der Waals surface area contributed by atoms with Crippen molar-refractivity contribution >= 4 is 34.7 Å². The lowest BCUT2D eigenvalue weighted by molar-refractivity contribution is 0.0947. The van der Waals surface area contributed by atoms with Crippen molar-refractivity contribution in [3.05, 3.63) is 129 Å². The van der Waals surface area contributed by atoms with Crippen molar-refractivity contribution in [1.82, 2.24) is 14.3 Å². The monoisotopic (exact) mass is 556 g/mol. The van der Waals surface area contributed by atoms with Gasteiger partial charge in [-0.15, -0.1) is 11.3 Å². The van der Waals surface area contributed by atoms with Crippen molar-refractivity contribution in [3.63, 3.8) is 0 Å². The van der Waals surface area contributed by atoms with Crippen LogP contribution in [0.2, 0.25) is 4.34 Å². The highest BCUT2D eigenvalue weighted by Gasteiger charge is 2.21. The Morgan fingerprint density at radius 3 is 2.51 bits per heavy atom. The Labute approximate surface area is 231 Å². The molecular weight excluding hydrogens is 536 g/mol. The third-order valence-corrected chi connectivity index (χ3v) is 7.39. The summed E-state index contributed by atoms with van der Waals surface area (Å²) < 4.78 is 13.9. The highest BCUT2D eigenvalue weighted by Crippen LogP contribution is 2.32. The number of nitrogens with one attached hydrogen (secondary N) is 1. The summed E-state index contributed by atoms with van der Waals surface area (Å²) in [6.45, 7) is 0.781. The van der Waals surface area contributed by atoms with E-state index in [1.807, 2.05) is 54.6 Å². The highest BCUT2D eigenvalue weighted by molar-refractivity contribution is 7.16. The topological polar surface area (TPSA) is 95.2 Å². The number of thiophene rings is 1. The summed E-state index contributed by atoms with van der Waals surface area (Å²) in [5, 5.41) is 8.03. The Hall–Kier alpha value is -4.60. The first-order chi connectivity index (χ1) is 19.0. The largest absolute Gasteiger partial charge is 0.472 e. The van der Waals surface area contributed by atoms with Crippen molar-refractivity contribution in [2.45, 2.75) is 13.1 Å². The lowest BCUT2D eigenvalue weighted by Crippen LogP contribution is -2.20. The molecule has 0 aliphatic rings. The van der Waals surface area contributed by atoms with Gasteiger partial charge in [-0.1, -0.05) is 41.9 Å². The van der Waals surface area contributed by atoms with Gasteiger partial charge in [0.15, 0.2) is 0 Å². The van der Waals surface area contributed by atoms with E-state index in [0.29, 0.717) is 45.6 Å². The van der Waals surface area contributed by atoms with Gasteiger partial charge in [0.2, 0.25) is 0 Å². The Balaban J connectivity index is 1.47. The minimum atomic E-state index is -0.352. The summed E-state index contributed by atoms with van der Waals surface area (Å²) in [7, 11) is 0. The molecule has 0 fully saturated rings. The molecule has 1 N–H and O–H groups in total.